The van der Waals surface area contributed by atoms with E-state index >= 15 is 0 Å². The summed E-state index contributed by atoms with van der Waals surface area (Å²) in [5.41, 5.74) is -0.114. The van der Waals surface area contributed by atoms with Gasteiger partial charge >= 0.3 is 11.9 Å². The van der Waals surface area contributed by atoms with Crippen LogP contribution in [0.25, 0.3) is 5.57 Å². The molecule has 0 aromatic carbocycles. The summed E-state index contributed by atoms with van der Waals surface area (Å²) in [6, 6.07) is 1.89. The summed E-state index contributed by atoms with van der Waals surface area (Å²) in [5, 5.41) is 21.6. The summed E-state index contributed by atoms with van der Waals surface area (Å²) in [7, 11) is 1.32. The smallest absolute Gasteiger partial charge is 0.312 e. The number of hydrogen-bond acceptors (Lipinski definition) is 7. The van der Waals surface area contributed by atoms with Crippen LogP contribution in [-0.4, -0.2) is 48.1 Å². The summed E-state index contributed by atoms with van der Waals surface area (Å²) >= 11 is 0. The fraction of sp³-hybridized carbons (Fsp3) is 0.652. The Bertz CT molecular complexity index is 873. The molecule has 1 heterocycles. The molecule has 0 radical (unpaired) electrons. The van der Waals surface area contributed by atoms with Crippen LogP contribution in [0, 0.1) is 28.6 Å². The molecule has 0 unspecified atom stereocenters. The third kappa shape index (κ3) is 2.86. The van der Waals surface area contributed by atoms with Crippen molar-refractivity contribution in [1.29, 1.82) is 0 Å². The molecule has 3 aliphatic carbocycles. The number of furan rings is 1. The molecule has 30 heavy (non-hydrogen) atoms. The zero-order chi connectivity index (χ0) is 21.8. The van der Waals surface area contributed by atoms with E-state index in [-0.39, 0.29) is 24.9 Å². The van der Waals surface area contributed by atoms with Gasteiger partial charge in [-0.1, -0.05) is 6.58 Å². The molecule has 164 valence electrons. The van der Waals surface area contributed by atoms with Crippen molar-refractivity contribution in [1.82, 2.24) is 0 Å². The van der Waals surface area contributed by atoms with E-state index in [0.29, 0.717) is 19.3 Å². The van der Waals surface area contributed by atoms with Crippen LogP contribution in [0.15, 0.2) is 23.3 Å². The van der Waals surface area contributed by atoms with Crippen molar-refractivity contribution in [2.75, 3.05) is 13.7 Å². The highest BCUT2D eigenvalue weighted by Crippen LogP contribution is 2.65. The fourth-order valence-corrected chi connectivity index (χ4v) is 6.97. The van der Waals surface area contributed by atoms with Crippen LogP contribution in [-0.2, 0) is 25.5 Å². The van der Waals surface area contributed by atoms with Gasteiger partial charge in [-0.25, -0.2) is 0 Å². The minimum absolute atomic E-state index is 0.0601. The van der Waals surface area contributed by atoms with Crippen LogP contribution in [0.2, 0.25) is 0 Å². The Kier molecular flexibility index (Phi) is 5.10. The van der Waals surface area contributed by atoms with E-state index in [2.05, 4.69) is 6.58 Å². The molecule has 2 fully saturated rings. The van der Waals surface area contributed by atoms with Crippen LogP contribution in [0.5, 0.6) is 0 Å². The average molecular weight is 418 g/mol. The van der Waals surface area contributed by atoms with E-state index in [0.717, 1.165) is 16.9 Å². The lowest BCUT2D eigenvalue weighted by Crippen LogP contribution is -2.66. The molecule has 0 bridgehead atoms. The number of hydrogen-bond donors (Lipinski definition) is 2. The Balaban J connectivity index is 1.90. The van der Waals surface area contributed by atoms with Gasteiger partial charge in [0, 0.05) is 36.8 Å². The lowest BCUT2D eigenvalue weighted by molar-refractivity contribution is -0.225. The Morgan fingerprint density at radius 2 is 2.10 bits per heavy atom. The number of carbonyl (C=O) groups is 2. The van der Waals surface area contributed by atoms with Gasteiger partial charge in [-0.2, -0.15) is 0 Å². The molecule has 4 rings (SSSR count). The number of carbonyl (C=O) groups excluding carboxylic acids is 2. The minimum Gasteiger partial charge on any atom is -0.469 e. The highest BCUT2D eigenvalue weighted by molar-refractivity contribution is 5.78. The zero-order valence-corrected chi connectivity index (χ0v) is 17.7. The number of esters is 2. The average Bonchev–Trinajstić information content (AvgIpc) is 3.16. The van der Waals surface area contributed by atoms with Crippen molar-refractivity contribution in [2.24, 2.45) is 28.6 Å². The topological polar surface area (TPSA) is 106 Å². The number of ether oxygens (including phenoxy) is 2. The van der Waals surface area contributed by atoms with Crippen molar-refractivity contribution in [3.63, 3.8) is 0 Å². The number of aliphatic hydroxyl groups is 2. The first-order valence-electron chi connectivity index (χ1n) is 10.5. The predicted octanol–water partition coefficient (Wildman–Crippen LogP) is 2.35. The van der Waals surface area contributed by atoms with Gasteiger partial charge in [0.05, 0.1) is 24.9 Å². The quantitative estimate of drug-likeness (QED) is 0.726. The van der Waals surface area contributed by atoms with Gasteiger partial charge in [0.15, 0.2) is 0 Å². The molecular weight excluding hydrogens is 388 g/mol. The fourth-order valence-electron chi connectivity index (χ4n) is 6.97. The normalized spacial score (nSPS) is 40.0. The number of methoxy groups -OCH3 is 1. The predicted molar refractivity (Wildman–Crippen MR) is 107 cm³/mol. The van der Waals surface area contributed by atoms with Gasteiger partial charge in [-0.05, 0) is 49.7 Å². The van der Waals surface area contributed by atoms with Crippen molar-refractivity contribution in [3.8, 4) is 0 Å². The summed E-state index contributed by atoms with van der Waals surface area (Å²) in [6.45, 7) is 7.16. The molecule has 0 saturated heterocycles. The summed E-state index contributed by atoms with van der Waals surface area (Å²) in [4.78, 5) is 25.0. The maximum absolute atomic E-state index is 13.0. The Hall–Kier alpha value is -2.12. The number of allylic oxidation sites excluding steroid dienone is 1. The number of rotatable bonds is 3. The van der Waals surface area contributed by atoms with E-state index in [4.69, 9.17) is 13.9 Å². The number of fused-ring (bicyclic) bond motifs is 4. The monoisotopic (exact) mass is 418 g/mol. The van der Waals surface area contributed by atoms with Crippen LogP contribution >= 0.6 is 0 Å². The molecule has 1 aromatic heterocycles. The second-order valence-corrected chi connectivity index (χ2v) is 9.42. The van der Waals surface area contributed by atoms with Crippen LogP contribution in [0.4, 0.5) is 0 Å². The van der Waals surface area contributed by atoms with E-state index < -0.39 is 40.9 Å². The van der Waals surface area contributed by atoms with Gasteiger partial charge in [0.25, 0.3) is 0 Å². The van der Waals surface area contributed by atoms with Gasteiger partial charge in [0.2, 0.25) is 0 Å². The second kappa shape index (κ2) is 7.24. The molecular formula is C23H30O7. The van der Waals surface area contributed by atoms with Gasteiger partial charge in [0.1, 0.15) is 11.9 Å². The molecule has 0 amide bonds. The number of aliphatic hydroxyl groups excluding tert-OH is 2. The van der Waals surface area contributed by atoms with Crippen molar-refractivity contribution in [2.45, 2.75) is 51.7 Å². The lowest BCUT2D eigenvalue weighted by atomic mass is 9.42. The molecule has 7 atom stereocenters. The first-order chi connectivity index (χ1) is 14.2. The zero-order valence-electron chi connectivity index (χ0n) is 17.7. The molecule has 3 aliphatic rings. The standard InChI is InChI=1S/C23H30O7/c1-12-15-5-6-29-18(15)8-17-16(12)7-19(30-13(2)25)20-22(3,21(27)28-4)9-14(26)10-23(17,20)11-24/h5-6,14,16-17,19-20,24,26H,1,7-11H2,2-4H3/t14-,16-,17-,19+,20-,22+,23-/m0/s1. The molecule has 2 saturated carbocycles. The first kappa shape index (κ1) is 21.1. The third-order valence-electron chi connectivity index (χ3n) is 7.87. The van der Waals surface area contributed by atoms with Crippen molar-refractivity contribution in [3.05, 3.63) is 30.2 Å². The van der Waals surface area contributed by atoms with E-state index in [1.54, 1.807) is 13.2 Å². The van der Waals surface area contributed by atoms with Crippen LogP contribution in [0.1, 0.15) is 44.4 Å². The molecule has 0 aliphatic heterocycles. The Morgan fingerprint density at radius 3 is 2.73 bits per heavy atom. The summed E-state index contributed by atoms with van der Waals surface area (Å²) in [5.74, 6) is -0.764. The third-order valence-corrected chi connectivity index (χ3v) is 7.87. The highest BCUT2D eigenvalue weighted by atomic mass is 16.5. The summed E-state index contributed by atoms with van der Waals surface area (Å²) < 4.78 is 16.6. The maximum Gasteiger partial charge on any atom is 0.312 e. The molecule has 2 N–H and O–H groups in total. The SMILES string of the molecule is C=C1c2ccoc2C[C@H]2[C@H]1C[C@@H](OC(C)=O)[C@@H]1[C@]2(CO)C[C@@H](O)C[C@@]1(C)C(=O)OC. The highest BCUT2D eigenvalue weighted by Gasteiger charge is 2.67. The van der Waals surface area contributed by atoms with E-state index in [1.807, 2.05) is 6.07 Å². The molecule has 1 aromatic rings. The Labute approximate surface area is 176 Å². The van der Waals surface area contributed by atoms with Gasteiger partial charge < -0.3 is 24.1 Å². The lowest BCUT2D eigenvalue weighted by Gasteiger charge is -2.63. The van der Waals surface area contributed by atoms with E-state index in [1.165, 1.54) is 14.0 Å². The minimum atomic E-state index is -1.11. The second-order valence-electron chi connectivity index (χ2n) is 9.42. The van der Waals surface area contributed by atoms with Crippen molar-refractivity contribution >= 4 is 17.5 Å². The molecule has 7 heteroatoms. The van der Waals surface area contributed by atoms with Gasteiger partial charge in [-0.3, -0.25) is 9.59 Å². The largest absolute Gasteiger partial charge is 0.469 e. The summed E-state index contributed by atoms with van der Waals surface area (Å²) in [6.07, 6.45) is 1.81. The molecule has 0 spiro atoms. The van der Waals surface area contributed by atoms with Crippen LogP contribution < -0.4 is 0 Å². The molecule has 7 nitrogen and oxygen atoms in total. The first-order valence-corrected chi connectivity index (χ1v) is 10.5. The Morgan fingerprint density at radius 1 is 1.37 bits per heavy atom. The van der Waals surface area contributed by atoms with Gasteiger partial charge in [-0.15, -0.1) is 0 Å². The van der Waals surface area contributed by atoms with Crippen molar-refractivity contribution < 1.29 is 33.7 Å². The van der Waals surface area contributed by atoms with E-state index in [9.17, 15) is 19.8 Å². The maximum atomic E-state index is 13.0. The van der Waals surface area contributed by atoms with Crippen LogP contribution in [0.3, 0.4) is 0 Å².